The van der Waals surface area contributed by atoms with Gasteiger partial charge in [0.25, 0.3) is 0 Å². The van der Waals surface area contributed by atoms with E-state index in [1.165, 1.54) is 12.8 Å². The molecule has 0 unspecified atom stereocenters. The van der Waals surface area contributed by atoms with Crippen LogP contribution in [-0.2, 0) is 0 Å². The number of nitrogens with zero attached hydrogens (tertiary/aromatic N) is 1. The fourth-order valence-electron chi connectivity index (χ4n) is 1.20. The second kappa shape index (κ2) is 3.05. The molecule has 1 heterocycles. The molecule has 3 heteroatoms. The quantitative estimate of drug-likeness (QED) is 0.776. The zero-order valence-corrected chi connectivity index (χ0v) is 8.47. The topological polar surface area (TPSA) is 22.1 Å². The zero-order chi connectivity index (χ0) is 8.55. The molecule has 2 nitrogen and oxygen atoms in total. The van der Waals surface area contributed by atoms with Gasteiger partial charge in [-0.3, -0.25) is 0 Å². The Balaban J connectivity index is 2.36. The SMILES string of the molecule is COc1ccc(Br)c(C2CC2)n1. The molecule has 0 amide bonds. The van der Waals surface area contributed by atoms with Crippen LogP contribution in [0.4, 0.5) is 0 Å². The van der Waals surface area contributed by atoms with Crippen LogP contribution in [0.3, 0.4) is 0 Å². The molecule has 1 aromatic rings. The highest BCUT2D eigenvalue weighted by atomic mass is 79.9. The summed E-state index contributed by atoms with van der Waals surface area (Å²) >= 11 is 3.48. The first-order chi connectivity index (χ1) is 5.81. The van der Waals surface area contributed by atoms with Crippen molar-refractivity contribution in [3.05, 3.63) is 22.3 Å². The van der Waals surface area contributed by atoms with Crippen molar-refractivity contribution < 1.29 is 4.74 Å². The van der Waals surface area contributed by atoms with Crippen LogP contribution in [0.5, 0.6) is 5.88 Å². The molecule has 1 fully saturated rings. The van der Waals surface area contributed by atoms with E-state index in [4.69, 9.17) is 4.74 Å². The summed E-state index contributed by atoms with van der Waals surface area (Å²) in [7, 11) is 1.65. The summed E-state index contributed by atoms with van der Waals surface area (Å²) in [4.78, 5) is 4.38. The van der Waals surface area contributed by atoms with Gasteiger partial charge in [0.2, 0.25) is 5.88 Å². The van der Waals surface area contributed by atoms with Crippen molar-refractivity contribution in [2.75, 3.05) is 7.11 Å². The Bertz CT molecular complexity index is 297. The van der Waals surface area contributed by atoms with Gasteiger partial charge in [0, 0.05) is 16.5 Å². The van der Waals surface area contributed by atoms with Crippen molar-refractivity contribution in [2.24, 2.45) is 0 Å². The van der Waals surface area contributed by atoms with E-state index >= 15 is 0 Å². The van der Waals surface area contributed by atoms with Gasteiger partial charge in [0.1, 0.15) is 0 Å². The van der Waals surface area contributed by atoms with Crippen molar-refractivity contribution in [1.29, 1.82) is 0 Å². The Morgan fingerprint density at radius 2 is 2.25 bits per heavy atom. The third-order valence-corrected chi connectivity index (χ3v) is 2.69. The molecule has 0 spiro atoms. The summed E-state index contributed by atoms with van der Waals surface area (Å²) in [6.07, 6.45) is 2.53. The summed E-state index contributed by atoms with van der Waals surface area (Å²) in [5.74, 6) is 1.37. The highest BCUT2D eigenvalue weighted by molar-refractivity contribution is 9.10. The predicted molar refractivity (Wildman–Crippen MR) is 50.5 cm³/mol. The molecular formula is C9H10BrNO. The maximum Gasteiger partial charge on any atom is 0.213 e. The Morgan fingerprint density at radius 1 is 1.50 bits per heavy atom. The third kappa shape index (κ3) is 1.46. The minimum Gasteiger partial charge on any atom is -0.481 e. The van der Waals surface area contributed by atoms with Crippen LogP contribution in [0, 0.1) is 0 Å². The first-order valence-corrected chi connectivity index (χ1v) is 4.81. The molecule has 64 valence electrons. The average Bonchev–Trinajstić information content (AvgIpc) is 2.88. The fourth-order valence-corrected chi connectivity index (χ4v) is 1.74. The van der Waals surface area contributed by atoms with Crippen molar-refractivity contribution in [2.45, 2.75) is 18.8 Å². The lowest BCUT2D eigenvalue weighted by Gasteiger charge is -2.03. The Hall–Kier alpha value is -0.570. The first kappa shape index (κ1) is 8.05. The van der Waals surface area contributed by atoms with E-state index in [9.17, 15) is 0 Å². The average molecular weight is 228 g/mol. The lowest BCUT2D eigenvalue weighted by Crippen LogP contribution is -1.92. The van der Waals surface area contributed by atoms with E-state index in [1.807, 2.05) is 12.1 Å². The molecule has 0 bridgehead atoms. The molecule has 2 rings (SSSR count). The molecular weight excluding hydrogens is 218 g/mol. The molecule has 1 aliphatic rings. The summed E-state index contributed by atoms with van der Waals surface area (Å²) in [5, 5.41) is 0. The molecule has 0 radical (unpaired) electrons. The standard InChI is InChI=1S/C9H10BrNO/c1-12-8-5-4-7(10)9(11-8)6-2-3-6/h4-6H,2-3H2,1H3. The normalized spacial score (nSPS) is 16.2. The van der Waals surface area contributed by atoms with Crippen molar-refractivity contribution in [3.8, 4) is 5.88 Å². The molecule has 0 aromatic carbocycles. The van der Waals surface area contributed by atoms with Crippen LogP contribution in [0.15, 0.2) is 16.6 Å². The van der Waals surface area contributed by atoms with Crippen LogP contribution in [0.25, 0.3) is 0 Å². The van der Waals surface area contributed by atoms with Gasteiger partial charge in [0.05, 0.1) is 12.8 Å². The van der Waals surface area contributed by atoms with Gasteiger partial charge in [0.15, 0.2) is 0 Å². The van der Waals surface area contributed by atoms with E-state index in [0.29, 0.717) is 11.8 Å². The maximum absolute atomic E-state index is 5.06. The molecule has 12 heavy (non-hydrogen) atoms. The van der Waals surface area contributed by atoms with Crippen LogP contribution in [0.2, 0.25) is 0 Å². The van der Waals surface area contributed by atoms with Gasteiger partial charge in [-0.1, -0.05) is 0 Å². The minimum absolute atomic E-state index is 0.662. The van der Waals surface area contributed by atoms with Gasteiger partial charge in [-0.2, -0.15) is 0 Å². The lowest BCUT2D eigenvalue weighted by atomic mass is 10.2. The largest absolute Gasteiger partial charge is 0.481 e. The lowest BCUT2D eigenvalue weighted by molar-refractivity contribution is 0.396. The van der Waals surface area contributed by atoms with Gasteiger partial charge in [-0.15, -0.1) is 0 Å². The van der Waals surface area contributed by atoms with E-state index < -0.39 is 0 Å². The van der Waals surface area contributed by atoms with Crippen molar-refractivity contribution in [1.82, 2.24) is 4.98 Å². The summed E-state index contributed by atoms with van der Waals surface area (Å²) in [6.45, 7) is 0. The summed E-state index contributed by atoms with van der Waals surface area (Å²) in [5.41, 5.74) is 1.15. The molecule has 1 aromatic heterocycles. The van der Waals surface area contributed by atoms with E-state index in [2.05, 4.69) is 20.9 Å². The molecule has 1 aliphatic carbocycles. The van der Waals surface area contributed by atoms with Crippen molar-refractivity contribution in [3.63, 3.8) is 0 Å². The van der Waals surface area contributed by atoms with Gasteiger partial charge < -0.3 is 4.74 Å². The number of methoxy groups -OCH3 is 1. The minimum atomic E-state index is 0.662. The van der Waals surface area contributed by atoms with Crippen LogP contribution in [0.1, 0.15) is 24.5 Å². The highest BCUT2D eigenvalue weighted by Gasteiger charge is 2.27. The first-order valence-electron chi connectivity index (χ1n) is 4.01. The third-order valence-electron chi connectivity index (χ3n) is 2.02. The second-order valence-electron chi connectivity index (χ2n) is 2.99. The number of pyridine rings is 1. The van der Waals surface area contributed by atoms with E-state index in [1.54, 1.807) is 7.11 Å². The Labute approximate surface area is 80.1 Å². The smallest absolute Gasteiger partial charge is 0.213 e. The maximum atomic E-state index is 5.06. The molecule has 1 saturated carbocycles. The summed E-state index contributed by atoms with van der Waals surface area (Å²) < 4.78 is 6.16. The highest BCUT2D eigenvalue weighted by Crippen LogP contribution is 2.42. The van der Waals surface area contributed by atoms with Crippen LogP contribution < -0.4 is 4.74 Å². The van der Waals surface area contributed by atoms with Crippen molar-refractivity contribution >= 4 is 15.9 Å². The summed E-state index contributed by atoms with van der Waals surface area (Å²) in [6, 6.07) is 3.87. The second-order valence-corrected chi connectivity index (χ2v) is 3.85. The Morgan fingerprint density at radius 3 is 2.83 bits per heavy atom. The van der Waals surface area contributed by atoms with E-state index in [0.717, 1.165) is 10.2 Å². The number of hydrogen-bond acceptors (Lipinski definition) is 2. The molecule has 0 N–H and O–H groups in total. The molecule has 0 saturated heterocycles. The van der Waals surface area contributed by atoms with Crippen LogP contribution >= 0.6 is 15.9 Å². The van der Waals surface area contributed by atoms with Crippen LogP contribution in [-0.4, -0.2) is 12.1 Å². The fraction of sp³-hybridized carbons (Fsp3) is 0.444. The zero-order valence-electron chi connectivity index (χ0n) is 6.88. The number of halogens is 1. The van der Waals surface area contributed by atoms with Gasteiger partial charge >= 0.3 is 0 Å². The monoisotopic (exact) mass is 227 g/mol. The molecule has 0 atom stereocenters. The predicted octanol–water partition coefficient (Wildman–Crippen LogP) is 2.73. The number of aromatic nitrogens is 1. The number of rotatable bonds is 2. The van der Waals surface area contributed by atoms with Gasteiger partial charge in [-0.25, -0.2) is 4.98 Å². The molecule has 0 aliphatic heterocycles. The number of hydrogen-bond donors (Lipinski definition) is 0. The van der Waals surface area contributed by atoms with E-state index in [-0.39, 0.29) is 0 Å². The number of ether oxygens (including phenoxy) is 1. The Kier molecular flexibility index (Phi) is 2.05. The van der Waals surface area contributed by atoms with Gasteiger partial charge in [-0.05, 0) is 34.8 Å².